The Morgan fingerprint density at radius 1 is 1.35 bits per heavy atom. The maximum atomic E-state index is 12.9. The van der Waals surface area contributed by atoms with Gasteiger partial charge in [0.2, 0.25) is 5.91 Å². The lowest BCUT2D eigenvalue weighted by Gasteiger charge is -2.16. The largest absolute Gasteiger partial charge is 0.352 e. The number of amides is 1. The fraction of sp³-hybridized carbons (Fsp3) is 0.450. The Morgan fingerprint density at radius 3 is 2.85 bits per heavy atom. The number of carbonyl (C=O) groups excluding carboxylic acids is 1. The molecular formula is C20H27N3O2S. The van der Waals surface area contributed by atoms with E-state index in [0.29, 0.717) is 29.1 Å². The van der Waals surface area contributed by atoms with Gasteiger partial charge in [-0.2, -0.15) is 0 Å². The van der Waals surface area contributed by atoms with Crippen LogP contribution in [0.1, 0.15) is 39.5 Å². The summed E-state index contributed by atoms with van der Waals surface area (Å²) in [5, 5.41) is 3.67. The van der Waals surface area contributed by atoms with Crippen LogP contribution in [0.25, 0.3) is 10.9 Å². The van der Waals surface area contributed by atoms with Crippen LogP contribution in [-0.4, -0.2) is 27.3 Å². The molecule has 1 aromatic carbocycles. The van der Waals surface area contributed by atoms with E-state index < -0.39 is 0 Å². The lowest BCUT2D eigenvalue weighted by atomic mass is 10.2. The first-order valence-electron chi connectivity index (χ1n) is 9.13. The van der Waals surface area contributed by atoms with Crippen LogP contribution in [0.5, 0.6) is 0 Å². The molecule has 0 bridgehead atoms. The lowest BCUT2D eigenvalue weighted by Crippen LogP contribution is -2.32. The Kier molecular flexibility index (Phi) is 7.91. The summed E-state index contributed by atoms with van der Waals surface area (Å²) in [7, 11) is 0. The van der Waals surface area contributed by atoms with Gasteiger partial charge in [0.25, 0.3) is 5.56 Å². The van der Waals surface area contributed by atoms with Gasteiger partial charge in [-0.3, -0.25) is 14.2 Å². The number of nitrogens with one attached hydrogen (secondary N) is 1. The van der Waals surface area contributed by atoms with E-state index in [0.717, 1.165) is 25.7 Å². The molecule has 0 fully saturated rings. The SMILES string of the molecule is C=CCNC(=O)[C@H](C)Sc1nc2ccccc2c(=O)n1CCCCCC. The molecule has 140 valence electrons. The van der Waals surface area contributed by atoms with Crippen LogP contribution in [0, 0.1) is 0 Å². The van der Waals surface area contributed by atoms with Crippen molar-refractivity contribution >= 4 is 28.6 Å². The van der Waals surface area contributed by atoms with Crippen molar-refractivity contribution in [2.45, 2.75) is 56.5 Å². The van der Waals surface area contributed by atoms with Crippen molar-refractivity contribution in [3.63, 3.8) is 0 Å². The van der Waals surface area contributed by atoms with Crippen molar-refractivity contribution in [3.8, 4) is 0 Å². The number of rotatable bonds is 10. The second-order valence-electron chi connectivity index (χ2n) is 6.22. The normalized spacial score (nSPS) is 12.1. The minimum Gasteiger partial charge on any atom is -0.352 e. The zero-order valence-electron chi connectivity index (χ0n) is 15.5. The predicted octanol–water partition coefficient (Wildman–Crippen LogP) is 3.76. The van der Waals surface area contributed by atoms with Gasteiger partial charge in [0.15, 0.2) is 5.16 Å². The first-order chi connectivity index (χ1) is 12.6. The summed E-state index contributed by atoms with van der Waals surface area (Å²) in [5.74, 6) is -0.0881. The highest BCUT2D eigenvalue weighted by molar-refractivity contribution is 8.00. The van der Waals surface area contributed by atoms with Crippen LogP contribution in [0.3, 0.4) is 0 Å². The van der Waals surface area contributed by atoms with E-state index in [1.807, 2.05) is 31.2 Å². The van der Waals surface area contributed by atoms with Crippen molar-refractivity contribution in [2.75, 3.05) is 6.54 Å². The van der Waals surface area contributed by atoms with E-state index in [2.05, 4.69) is 23.8 Å². The Bertz CT molecular complexity index is 816. The summed E-state index contributed by atoms with van der Waals surface area (Å²) in [4.78, 5) is 29.8. The topological polar surface area (TPSA) is 64.0 Å². The number of thioether (sulfide) groups is 1. The van der Waals surface area contributed by atoms with Crippen LogP contribution in [0.15, 0.2) is 46.9 Å². The van der Waals surface area contributed by atoms with Crippen LogP contribution >= 0.6 is 11.8 Å². The first-order valence-corrected chi connectivity index (χ1v) is 10.0. The van der Waals surface area contributed by atoms with E-state index in [1.54, 1.807) is 10.6 Å². The quantitative estimate of drug-likeness (QED) is 0.298. The third-order valence-corrected chi connectivity index (χ3v) is 5.22. The fourth-order valence-corrected chi connectivity index (χ4v) is 3.62. The van der Waals surface area contributed by atoms with Gasteiger partial charge < -0.3 is 5.32 Å². The molecule has 0 aliphatic rings. The van der Waals surface area contributed by atoms with Gasteiger partial charge in [-0.25, -0.2) is 4.98 Å². The lowest BCUT2D eigenvalue weighted by molar-refractivity contribution is -0.120. The molecule has 0 aliphatic heterocycles. The zero-order valence-corrected chi connectivity index (χ0v) is 16.3. The number of benzene rings is 1. The molecule has 2 rings (SSSR count). The highest BCUT2D eigenvalue weighted by atomic mass is 32.2. The van der Waals surface area contributed by atoms with Crippen LogP contribution < -0.4 is 10.9 Å². The Labute approximate surface area is 158 Å². The maximum Gasteiger partial charge on any atom is 0.262 e. The van der Waals surface area contributed by atoms with Gasteiger partial charge in [0, 0.05) is 13.1 Å². The molecule has 5 nitrogen and oxygen atoms in total. The second-order valence-corrected chi connectivity index (χ2v) is 7.53. The van der Waals surface area contributed by atoms with E-state index in [9.17, 15) is 9.59 Å². The van der Waals surface area contributed by atoms with Gasteiger partial charge in [0.1, 0.15) is 0 Å². The maximum absolute atomic E-state index is 12.9. The number of para-hydroxylation sites is 1. The molecule has 0 saturated carbocycles. The number of fused-ring (bicyclic) bond motifs is 1. The summed E-state index contributed by atoms with van der Waals surface area (Å²) in [6, 6.07) is 7.37. The molecule has 26 heavy (non-hydrogen) atoms. The minimum absolute atomic E-state index is 0.0340. The Balaban J connectivity index is 2.30. The summed E-state index contributed by atoms with van der Waals surface area (Å²) in [5.41, 5.74) is 0.636. The summed E-state index contributed by atoms with van der Waals surface area (Å²) in [6.45, 7) is 8.65. The van der Waals surface area contributed by atoms with Crippen LogP contribution in [0.4, 0.5) is 0 Å². The number of nitrogens with zero attached hydrogens (tertiary/aromatic N) is 2. The highest BCUT2D eigenvalue weighted by Gasteiger charge is 2.18. The van der Waals surface area contributed by atoms with E-state index >= 15 is 0 Å². The average Bonchev–Trinajstić information content (AvgIpc) is 2.65. The van der Waals surface area contributed by atoms with Crippen molar-refractivity contribution in [2.24, 2.45) is 0 Å². The van der Waals surface area contributed by atoms with Gasteiger partial charge in [0.05, 0.1) is 16.2 Å². The third kappa shape index (κ3) is 5.21. The summed E-state index contributed by atoms with van der Waals surface area (Å²) < 4.78 is 1.72. The molecule has 1 aromatic heterocycles. The monoisotopic (exact) mass is 373 g/mol. The minimum atomic E-state index is -0.343. The number of aromatic nitrogens is 2. The van der Waals surface area contributed by atoms with Crippen molar-refractivity contribution in [1.82, 2.24) is 14.9 Å². The smallest absolute Gasteiger partial charge is 0.262 e. The molecule has 0 aliphatic carbocycles. The number of hydrogen-bond donors (Lipinski definition) is 1. The molecule has 1 atom stereocenters. The van der Waals surface area contributed by atoms with Crippen molar-refractivity contribution < 1.29 is 4.79 Å². The van der Waals surface area contributed by atoms with E-state index in [4.69, 9.17) is 0 Å². The molecule has 0 saturated heterocycles. The molecule has 1 N–H and O–H groups in total. The number of unbranched alkanes of at least 4 members (excludes halogenated alkanes) is 3. The highest BCUT2D eigenvalue weighted by Crippen LogP contribution is 2.23. The standard InChI is InChI=1S/C20H27N3O2S/c1-4-6-7-10-14-23-19(25)16-11-8-9-12-17(16)22-20(23)26-15(3)18(24)21-13-5-2/h5,8-9,11-12,15H,2,4,6-7,10,13-14H2,1,3H3,(H,21,24)/t15-/m0/s1. The first kappa shape index (κ1) is 20.2. The molecule has 2 aromatic rings. The third-order valence-electron chi connectivity index (χ3n) is 4.13. The van der Waals surface area contributed by atoms with Crippen molar-refractivity contribution in [3.05, 3.63) is 47.3 Å². The summed E-state index contributed by atoms with van der Waals surface area (Å²) in [6.07, 6.45) is 5.95. The molecule has 0 spiro atoms. The number of carbonyl (C=O) groups is 1. The van der Waals surface area contributed by atoms with Gasteiger partial charge in [-0.1, -0.05) is 56.2 Å². The summed E-state index contributed by atoms with van der Waals surface area (Å²) >= 11 is 1.33. The van der Waals surface area contributed by atoms with Crippen LogP contribution in [0.2, 0.25) is 0 Å². The van der Waals surface area contributed by atoms with Crippen LogP contribution in [-0.2, 0) is 11.3 Å². The predicted molar refractivity (Wildman–Crippen MR) is 109 cm³/mol. The van der Waals surface area contributed by atoms with Gasteiger partial charge in [-0.15, -0.1) is 6.58 Å². The number of hydrogen-bond acceptors (Lipinski definition) is 4. The molecular weight excluding hydrogens is 346 g/mol. The molecule has 1 amide bonds. The fourth-order valence-electron chi connectivity index (χ4n) is 2.66. The molecule has 1 heterocycles. The average molecular weight is 374 g/mol. The second kappa shape index (κ2) is 10.2. The molecule has 6 heteroatoms. The molecule has 0 radical (unpaired) electrons. The molecule has 0 unspecified atom stereocenters. The van der Waals surface area contributed by atoms with Crippen molar-refractivity contribution in [1.29, 1.82) is 0 Å². The van der Waals surface area contributed by atoms with Gasteiger partial charge >= 0.3 is 0 Å². The Hall–Kier alpha value is -2.08. The van der Waals surface area contributed by atoms with E-state index in [-0.39, 0.29) is 16.7 Å². The van der Waals surface area contributed by atoms with Gasteiger partial charge in [-0.05, 0) is 25.5 Å². The Morgan fingerprint density at radius 2 is 2.12 bits per heavy atom. The van der Waals surface area contributed by atoms with E-state index in [1.165, 1.54) is 11.8 Å². The zero-order chi connectivity index (χ0) is 18.9.